The van der Waals surface area contributed by atoms with Gasteiger partial charge in [-0.05, 0) is 24.1 Å². The smallest absolute Gasteiger partial charge is 0.306 e. The molecule has 0 atom stereocenters. The van der Waals surface area contributed by atoms with Gasteiger partial charge in [-0.2, -0.15) is 0 Å². The van der Waals surface area contributed by atoms with Crippen molar-refractivity contribution < 1.29 is 18.7 Å². The van der Waals surface area contributed by atoms with Gasteiger partial charge >= 0.3 is 5.97 Å². The van der Waals surface area contributed by atoms with E-state index in [2.05, 4.69) is 0 Å². The predicted octanol–water partition coefficient (Wildman–Crippen LogP) is 2.30. The number of halogens is 1. The largest absolute Gasteiger partial charge is 0.461 e. The summed E-state index contributed by atoms with van der Waals surface area (Å²) in [6.07, 6.45) is 0.994. The maximum atomic E-state index is 12.6. The van der Waals surface area contributed by atoms with Crippen LogP contribution in [0.3, 0.4) is 0 Å². The summed E-state index contributed by atoms with van der Waals surface area (Å²) in [7, 11) is 1.59. The maximum Gasteiger partial charge on any atom is 0.306 e. The Hall–Kier alpha value is -1.42. The molecule has 0 unspecified atom stereocenters. The molecule has 0 aromatic heterocycles. The van der Waals surface area contributed by atoms with E-state index in [-0.39, 0.29) is 18.4 Å². The van der Waals surface area contributed by atoms with Gasteiger partial charge in [-0.3, -0.25) is 4.79 Å². The minimum atomic E-state index is -0.296. The number of methoxy groups -OCH3 is 1. The van der Waals surface area contributed by atoms with Crippen molar-refractivity contribution in [3.05, 3.63) is 35.6 Å². The summed E-state index contributed by atoms with van der Waals surface area (Å²) in [5.74, 6) is -0.559. The highest BCUT2D eigenvalue weighted by atomic mass is 19.1. The summed E-state index contributed by atoms with van der Waals surface area (Å²) >= 11 is 0. The summed E-state index contributed by atoms with van der Waals surface area (Å²) in [5, 5.41) is 0. The zero-order valence-electron chi connectivity index (χ0n) is 9.24. The predicted molar refractivity (Wildman–Crippen MR) is 57.3 cm³/mol. The van der Waals surface area contributed by atoms with Crippen molar-refractivity contribution in [3.63, 3.8) is 0 Å². The summed E-state index contributed by atoms with van der Waals surface area (Å²) in [4.78, 5) is 11.2. The monoisotopic (exact) mass is 226 g/mol. The van der Waals surface area contributed by atoms with Crippen molar-refractivity contribution in [2.75, 3.05) is 13.7 Å². The van der Waals surface area contributed by atoms with Crippen LogP contribution in [0.1, 0.15) is 18.4 Å². The van der Waals surface area contributed by atoms with Crippen LogP contribution in [0.5, 0.6) is 0 Å². The van der Waals surface area contributed by atoms with E-state index in [9.17, 15) is 9.18 Å². The lowest BCUT2D eigenvalue weighted by molar-refractivity contribution is -0.145. The Labute approximate surface area is 94.2 Å². The topological polar surface area (TPSA) is 35.5 Å². The SMILES string of the molecule is COCCCC(=O)OCc1ccc(F)cc1. The van der Waals surface area contributed by atoms with Crippen LogP contribution in [0.4, 0.5) is 4.39 Å². The first-order chi connectivity index (χ1) is 7.72. The molecule has 0 fully saturated rings. The summed E-state index contributed by atoms with van der Waals surface area (Å²) in [6, 6.07) is 5.87. The molecule has 88 valence electrons. The maximum absolute atomic E-state index is 12.6. The van der Waals surface area contributed by atoms with Crippen molar-refractivity contribution in [1.82, 2.24) is 0 Å². The molecule has 0 saturated carbocycles. The molecule has 0 aliphatic rings. The quantitative estimate of drug-likeness (QED) is 0.551. The van der Waals surface area contributed by atoms with Gasteiger partial charge in [-0.15, -0.1) is 0 Å². The summed E-state index contributed by atoms with van der Waals surface area (Å²) < 4.78 is 22.4. The highest BCUT2D eigenvalue weighted by molar-refractivity contribution is 5.69. The van der Waals surface area contributed by atoms with Gasteiger partial charge in [0.05, 0.1) is 0 Å². The van der Waals surface area contributed by atoms with Crippen LogP contribution in [-0.2, 0) is 20.9 Å². The minimum absolute atomic E-state index is 0.187. The lowest BCUT2D eigenvalue weighted by atomic mass is 10.2. The van der Waals surface area contributed by atoms with E-state index in [1.54, 1.807) is 19.2 Å². The van der Waals surface area contributed by atoms with Crippen molar-refractivity contribution in [2.24, 2.45) is 0 Å². The van der Waals surface area contributed by atoms with Gasteiger partial charge in [-0.1, -0.05) is 12.1 Å². The van der Waals surface area contributed by atoms with E-state index in [0.717, 1.165) is 5.56 Å². The van der Waals surface area contributed by atoms with E-state index in [1.165, 1.54) is 12.1 Å². The highest BCUT2D eigenvalue weighted by Gasteiger charge is 2.03. The molecule has 0 bridgehead atoms. The molecule has 4 heteroatoms. The molecule has 0 heterocycles. The summed E-state index contributed by atoms with van der Waals surface area (Å²) in [5.41, 5.74) is 0.779. The number of ether oxygens (including phenoxy) is 2. The second-order valence-electron chi connectivity index (χ2n) is 3.38. The van der Waals surface area contributed by atoms with Crippen molar-refractivity contribution in [2.45, 2.75) is 19.4 Å². The van der Waals surface area contributed by atoms with Crippen LogP contribution in [0.2, 0.25) is 0 Å². The van der Waals surface area contributed by atoms with Crippen LogP contribution < -0.4 is 0 Å². The molecule has 0 amide bonds. The van der Waals surface area contributed by atoms with E-state index in [1.807, 2.05) is 0 Å². The molecule has 0 aliphatic heterocycles. The molecule has 3 nitrogen and oxygen atoms in total. The van der Waals surface area contributed by atoms with E-state index in [4.69, 9.17) is 9.47 Å². The zero-order valence-corrected chi connectivity index (χ0v) is 9.24. The Balaban J connectivity index is 2.23. The molecule has 0 aliphatic carbocycles. The first-order valence-electron chi connectivity index (χ1n) is 5.11. The Morgan fingerprint density at radius 3 is 2.62 bits per heavy atom. The lowest BCUT2D eigenvalue weighted by Crippen LogP contribution is -2.05. The molecule has 0 N–H and O–H groups in total. The molecule has 1 aromatic carbocycles. The van der Waals surface area contributed by atoms with Gasteiger partial charge in [0.25, 0.3) is 0 Å². The Kier molecular flexibility index (Phi) is 5.50. The third-order valence-electron chi connectivity index (χ3n) is 2.04. The van der Waals surface area contributed by atoms with Gasteiger partial charge in [0.2, 0.25) is 0 Å². The normalized spacial score (nSPS) is 10.1. The second kappa shape index (κ2) is 6.95. The van der Waals surface area contributed by atoms with Crippen molar-refractivity contribution in [1.29, 1.82) is 0 Å². The van der Waals surface area contributed by atoms with Crippen LogP contribution in [0.15, 0.2) is 24.3 Å². The fourth-order valence-corrected chi connectivity index (χ4v) is 1.18. The Morgan fingerprint density at radius 1 is 1.31 bits per heavy atom. The summed E-state index contributed by atoms with van der Waals surface area (Å²) in [6.45, 7) is 0.734. The van der Waals surface area contributed by atoms with Crippen molar-refractivity contribution >= 4 is 5.97 Å². The zero-order chi connectivity index (χ0) is 11.8. The fourth-order valence-electron chi connectivity index (χ4n) is 1.18. The first-order valence-corrected chi connectivity index (χ1v) is 5.11. The van der Waals surface area contributed by atoms with E-state index < -0.39 is 0 Å². The standard InChI is InChI=1S/C12H15FO3/c1-15-8-2-3-12(14)16-9-10-4-6-11(13)7-5-10/h4-7H,2-3,8-9H2,1H3. The number of hydrogen-bond acceptors (Lipinski definition) is 3. The van der Waals surface area contributed by atoms with Crippen molar-refractivity contribution in [3.8, 4) is 0 Å². The minimum Gasteiger partial charge on any atom is -0.461 e. The fraction of sp³-hybridized carbons (Fsp3) is 0.417. The molecular weight excluding hydrogens is 211 g/mol. The van der Waals surface area contributed by atoms with Gasteiger partial charge in [-0.25, -0.2) is 4.39 Å². The molecule has 0 spiro atoms. The molecule has 1 aromatic rings. The van der Waals surface area contributed by atoms with Crippen LogP contribution in [0.25, 0.3) is 0 Å². The van der Waals surface area contributed by atoms with E-state index in [0.29, 0.717) is 19.4 Å². The number of esters is 1. The third-order valence-corrected chi connectivity index (χ3v) is 2.04. The number of carbonyl (C=O) groups excluding carboxylic acids is 1. The molecule has 0 saturated heterocycles. The second-order valence-corrected chi connectivity index (χ2v) is 3.38. The Morgan fingerprint density at radius 2 is 2.00 bits per heavy atom. The van der Waals surface area contributed by atoms with Crippen LogP contribution in [0, 0.1) is 5.82 Å². The van der Waals surface area contributed by atoms with Gasteiger partial charge < -0.3 is 9.47 Å². The van der Waals surface area contributed by atoms with E-state index >= 15 is 0 Å². The molecule has 0 radical (unpaired) electrons. The average Bonchev–Trinajstić information content (AvgIpc) is 2.29. The first kappa shape index (κ1) is 12.6. The number of rotatable bonds is 6. The number of carbonyl (C=O) groups is 1. The number of benzene rings is 1. The molecular formula is C12H15FO3. The van der Waals surface area contributed by atoms with Crippen LogP contribution in [-0.4, -0.2) is 19.7 Å². The number of hydrogen-bond donors (Lipinski definition) is 0. The molecule has 16 heavy (non-hydrogen) atoms. The van der Waals surface area contributed by atoms with Gasteiger partial charge in [0, 0.05) is 20.1 Å². The van der Waals surface area contributed by atoms with Gasteiger partial charge in [0.15, 0.2) is 0 Å². The molecule has 1 rings (SSSR count). The van der Waals surface area contributed by atoms with Crippen LogP contribution >= 0.6 is 0 Å². The third kappa shape index (κ3) is 4.89. The highest BCUT2D eigenvalue weighted by Crippen LogP contribution is 2.05. The average molecular weight is 226 g/mol. The Bertz CT molecular complexity index is 322. The lowest BCUT2D eigenvalue weighted by Gasteiger charge is -2.04. The van der Waals surface area contributed by atoms with Gasteiger partial charge in [0.1, 0.15) is 12.4 Å².